The number of hydrogen-bond donors (Lipinski definition) is 4. The minimum absolute atomic E-state index is 0.0189. The lowest BCUT2D eigenvalue weighted by atomic mass is 9.80. The molecule has 4 heterocycles. The summed E-state index contributed by atoms with van der Waals surface area (Å²) in [5.41, 5.74) is -0.812. The fourth-order valence-electron chi connectivity index (χ4n) is 6.64. The van der Waals surface area contributed by atoms with E-state index in [4.69, 9.17) is 5.41 Å². The zero-order valence-corrected chi connectivity index (χ0v) is 28.9. The number of aliphatic hydroxyl groups is 2. The average Bonchev–Trinajstić information content (AvgIpc) is 3.63. The molecule has 0 saturated carbocycles. The Bertz CT molecular complexity index is 2110. The van der Waals surface area contributed by atoms with Gasteiger partial charge in [0.1, 0.15) is 11.5 Å². The second-order valence-corrected chi connectivity index (χ2v) is 13.7. The number of pyridine rings is 1. The van der Waals surface area contributed by atoms with Crippen LogP contribution in [0.1, 0.15) is 25.1 Å². The molecule has 5 aromatic rings. The van der Waals surface area contributed by atoms with Crippen LogP contribution in [0.2, 0.25) is 0 Å². The zero-order valence-electron chi connectivity index (χ0n) is 28.9. The van der Waals surface area contributed by atoms with Gasteiger partial charge < -0.3 is 25.3 Å². The standard InChI is InChI=1S/C37H37F3N10O3/c1-35(2,52)21-43-34(51)49(23-41)29-11-9-28(10-12-29)48-17-15-47(16-18-48)27-7-3-24(4-8-27)25-5-14-32(42-20-25)37(39,40)36(53)22-50-33(44-45-46-50)30-19-26(38)6-13-31(30)36/h3-14,19-20,23,41,52-53H,15-18,21-22H2,1-2H3,(H,43,51)/t36-/m0/s1. The minimum Gasteiger partial charge on any atom is -0.389 e. The molecule has 4 N–H and O–H groups in total. The second-order valence-electron chi connectivity index (χ2n) is 13.7. The largest absolute Gasteiger partial charge is 0.389 e. The third kappa shape index (κ3) is 6.78. The summed E-state index contributed by atoms with van der Waals surface area (Å²) in [6.45, 7) is 5.58. The molecule has 1 fully saturated rings. The van der Waals surface area contributed by atoms with Gasteiger partial charge in [-0.25, -0.2) is 13.9 Å². The van der Waals surface area contributed by atoms with Gasteiger partial charge in [-0.1, -0.05) is 24.3 Å². The molecule has 274 valence electrons. The molecular weight excluding hydrogens is 689 g/mol. The molecular formula is C37H37F3N10O3. The number of benzene rings is 3. The van der Waals surface area contributed by atoms with Gasteiger partial charge in [0.05, 0.1) is 24.2 Å². The van der Waals surface area contributed by atoms with Gasteiger partial charge in [0.2, 0.25) is 0 Å². The first kappa shape index (κ1) is 35.5. The summed E-state index contributed by atoms with van der Waals surface area (Å²) in [7, 11) is 0. The highest BCUT2D eigenvalue weighted by atomic mass is 19.3. The van der Waals surface area contributed by atoms with Crippen LogP contribution in [0.15, 0.2) is 85.1 Å². The number of carbonyl (C=O) groups is 1. The number of hydrogen-bond acceptors (Lipinski definition) is 10. The van der Waals surface area contributed by atoms with Crippen molar-refractivity contribution in [1.29, 1.82) is 5.41 Å². The Morgan fingerprint density at radius 2 is 1.58 bits per heavy atom. The van der Waals surface area contributed by atoms with Crippen molar-refractivity contribution in [1.82, 2.24) is 30.5 Å². The smallest absolute Gasteiger partial charge is 0.327 e. The van der Waals surface area contributed by atoms with Gasteiger partial charge in [-0.3, -0.25) is 15.3 Å². The number of alkyl halides is 2. The lowest BCUT2D eigenvalue weighted by Crippen LogP contribution is -2.49. The first-order chi connectivity index (χ1) is 25.3. The highest BCUT2D eigenvalue weighted by molar-refractivity contribution is 6.06. The van der Waals surface area contributed by atoms with E-state index in [0.29, 0.717) is 11.3 Å². The Labute approximate surface area is 302 Å². The fourth-order valence-corrected chi connectivity index (χ4v) is 6.64. The van der Waals surface area contributed by atoms with Crippen molar-refractivity contribution in [2.75, 3.05) is 47.4 Å². The van der Waals surface area contributed by atoms with Crippen molar-refractivity contribution in [3.05, 3.63) is 102 Å². The number of carbonyl (C=O) groups excluding carboxylic acids is 1. The van der Waals surface area contributed by atoms with Crippen LogP contribution in [0, 0.1) is 11.2 Å². The summed E-state index contributed by atoms with van der Waals surface area (Å²) in [6.07, 6.45) is 2.27. The molecule has 16 heteroatoms. The molecule has 0 spiro atoms. The molecule has 1 atom stereocenters. The van der Waals surface area contributed by atoms with Gasteiger partial charge in [0.25, 0.3) is 0 Å². The van der Waals surface area contributed by atoms with Crippen LogP contribution in [-0.2, 0) is 18.1 Å². The summed E-state index contributed by atoms with van der Waals surface area (Å²) >= 11 is 0. The van der Waals surface area contributed by atoms with Gasteiger partial charge in [-0.15, -0.1) is 5.10 Å². The van der Waals surface area contributed by atoms with Gasteiger partial charge in [0.15, 0.2) is 11.4 Å². The van der Waals surface area contributed by atoms with E-state index in [2.05, 4.69) is 35.6 Å². The second kappa shape index (κ2) is 13.6. The quantitative estimate of drug-likeness (QED) is 0.124. The highest BCUT2D eigenvalue weighted by Gasteiger charge is 2.59. The summed E-state index contributed by atoms with van der Waals surface area (Å²) in [4.78, 5) is 22.3. The predicted molar refractivity (Wildman–Crippen MR) is 193 cm³/mol. The molecule has 2 aromatic heterocycles. The van der Waals surface area contributed by atoms with E-state index in [9.17, 15) is 19.4 Å². The third-order valence-corrected chi connectivity index (χ3v) is 9.54. The van der Waals surface area contributed by atoms with Crippen LogP contribution in [0.3, 0.4) is 0 Å². The van der Waals surface area contributed by atoms with E-state index < -0.39 is 41.2 Å². The number of urea groups is 1. The first-order valence-electron chi connectivity index (χ1n) is 16.9. The Kier molecular flexibility index (Phi) is 9.11. The summed E-state index contributed by atoms with van der Waals surface area (Å²) in [6, 6.07) is 20.5. The van der Waals surface area contributed by atoms with E-state index in [1.807, 2.05) is 36.4 Å². The number of anilines is 3. The molecule has 7 rings (SSSR count). The molecule has 0 aliphatic carbocycles. The van der Waals surface area contributed by atoms with Crippen LogP contribution >= 0.6 is 0 Å². The van der Waals surface area contributed by atoms with E-state index in [1.54, 1.807) is 26.0 Å². The topological polar surface area (TPSA) is 160 Å². The SMILES string of the molecule is CC(C)(O)CNC(=O)N(C=N)c1ccc(N2CCN(c3ccc(-c4ccc(C(F)(F)[C@]5(O)Cn6nnnc6-c6cc(F)ccc65)nc4)cc3)CC2)cc1. The van der Waals surface area contributed by atoms with Gasteiger partial charge in [-0.2, -0.15) is 8.78 Å². The normalized spacial score (nSPS) is 17.2. The molecule has 1 saturated heterocycles. The molecule has 13 nitrogen and oxygen atoms in total. The van der Waals surface area contributed by atoms with Crippen LogP contribution in [0.5, 0.6) is 0 Å². The number of tetrazole rings is 1. The van der Waals surface area contributed by atoms with E-state index in [0.717, 1.165) is 72.3 Å². The number of fused-ring (bicyclic) bond motifs is 3. The first-order valence-corrected chi connectivity index (χ1v) is 16.9. The van der Waals surface area contributed by atoms with Crippen molar-refractivity contribution in [3.63, 3.8) is 0 Å². The number of aromatic nitrogens is 5. The number of piperazine rings is 1. The number of halogens is 3. The average molecular weight is 727 g/mol. The number of amides is 2. The van der Waals surface area contributed by atoms with Crippen LogP contribution in [0.4, 0.5) is 35.0 Å². The van der Waals surface area contributed by atoms with Gasteiger partial charge >= 0.3 is 12.0 Å². The van der Waals surface area contributed by atoms with Crippen molar-refractivity contribution in [2.24, 2.45) is 0 Å². The maximum Gasteiger partial charge on any atom is 0.327 e. The van der Waals surface area contributed by atoms with Gasteiger partial charge in [-0.05, 0) is 84.4 Å². The molecule has 0 unspecified atom stereocenters. The Morgan fingerprint density at radius 1 is 0.962 bits per heavy atom. The molecule has 0 bridgehead atoms. The minimum atomic E-state index is -3.88. The number of nitrogens with one attached hydrogen (secondary N) is 2. The number of rotatable bonds is 9. The van der Waals surface area contributed by atoms with Crippen molar-refractivity contribution >= 4 is 29.4 Å². The fraction of sp³-hybridized carbons (Fsp3) is 0.297. The molecule has 2 aliphatic heterocycles. The zero-order chi connectivity index (χ0) is 37.5. The maximum absolute atomic E-state index is 16.2. The molecule has 53 heavy (non-hydrogen) atoms. The highest BCUT2D eigenvalue weighted by Crippen LogP contribution is 2.50. The predicted octanol–water partition coefficient (Wildman–Crippen LogP) is 4.75. The summed E-state index contributed by atoms with van der Waals surface area (Å²) in [5, 5.41) is 42.8. The maximum atomic E-state index is 16.2. The Balaban J connectivity index is 0.984. The molecule has 3 aromatic carbocycles. The van der Waals surface area contributed by atoms with Crippen molar-refractivity contribution in [2.45, 2.75) is 37.5 Å². The Morgan fingerprint density at radius 3 is 2.17 bits per heavy atom. The summed E-state index contributed by atoms with van der Waals surface area (Å²) < 4.78 is 47.4. The monoisotopic (exact) mass is 726 g/mol. The van der Waals surface area contributed by atoms with Gasteiger partial charge in [0, 0.05) is 67.0 Å². The van der Waals surface area contributed by atoms with Crippen LogP contribution < -0.4 is 20.0 Å². The third-order valence-electron chi connectivity index (χ3n) is 9.54. The molecule has 2 amide bonds. The van der Waals surface area contributed by atoms with E-state index >= 15 is 8.78 Å². The van der Waals surface area contributed by atoms with Crippen LogP contribution in [-0.4, -0.2) is 86.1 Å². The molecule has 0 radical (unpaired) electrons. The number of nitrogens with zero attached hydrogens (tertiary/aromatic N) is 8. The van der Waals surface area contributed by atoms with Crippen LogP contribution in [0.25, 0.3) is 22.5 Å². The van der Waals surface area contributed by atoms with Crippen molar-refractivity contribution in [3.8, 4) is 22.5 Å². The lowest BCUT2D eigenvalue weighted by Gasteiger charge is -2.39. The molecule has 2 aliphatic rings. The van der Waals surface area contributed by atoms with E-state index in [1.165, 1.54) is 23.2 Å². The van der Waals surface area contributed by atoms with Crippen molar-refractivity contribution < 1.29 is 28.2 Å². The lowest BCUT2D eigenvalue weighted by molar-refractivity contribution is -0.207. The Hall–Kier alpha value is -5.87. The van der Waals surface area contributed by atoms with E-state index in [-0.39, 0.29) is 23.5 Å². The summed E-state index contributed by atoms with van der Waals surface area (Å²) in [5.74, 6) is -4.48.